The first kappa shape index (κ1) is 18.3. The molecule has 2 aliphatic rings. The molecule has 1 spiro atoms. The molecule has 8 heteroatoms. The van der Waals surface area contributed by atoms with E-state index < -0.39 is 0 Å². The predicted molar refractivity (Wildman–Crippen MR) is 101 cm³/mol. The van der Waals surface area contributed by atoms with Crippen molar-refractivity contribution in [3.63, 3.8) is 0 Å². The van der Waals surface area contributed by atoms with Crippen molar-refractivity contribution in [2.45, 2.75) is 32.6 Å². The number of hydrogen-bond donors (Lipinski definition) is 1. The summed E-state index contributed by atoms with van der Waals surface area (Å²) in [5.74, 6) is 1.25. The highest BCUT2D eigenvalue weighted by Crippen LogP contribution is 2.49. The molecule has 3 heterocycles. The zero-order chi connectivity index (χ0) is 19.0. The minimum Gasteiger partial charge on any atom is -0.381 e. The molecular weight excluding hydrogens is 368 g/mol. The van der Waals surface area contributed by atoms with Gasteiger partial charge in [0.2, 0.25) is 5.89 Å². The van der Waals surface area contributed by atoms with Gasteiger partial charge in [-0.25, -0.2) is 4.79 Å². The van der Waals surface area contributed by atoms with E-state index in [9.17, 15) is 4.79 Å². The number of anilines is 1. The summed E-state index contributed by atoms with van der Waals surface area (Å²) in [7, 11) is 0. The standard InChI is InChI=1S/C19H23ClN4O3/c1-12-3-4-14(9-16(12)20)22-18(25)24-10-15(17-21-13(2)23-27-17)19(11-24)5-7-26-8-6-19/h3-4,9,15H,5-8,10-11H2,1-2H3,(H,22,25). The molecule has 2 saturated heterocycles. The highest BCUT2D eigenvalue weighted by Gasteiger charge is 2.51. The van der Waals surface area contributed by atoms with Crippen LogP contribution >= 0.6 is 11.6 Å². The first-order chi connectivity index (χ1) is 13.0. The number of likely N-dealkylation sites (tertiary alicyclic amines) is 1. The van der Waals surface area contributed by atoms with E-state index in [4.69, 9.17) is 20.9 Å². The summed E-state index contributed by atoms with van der Waals surface area (Å²) in [6, 6.07) is 5.39. The Morgan fingerprint density at radius 2 is 2.11 bits per heavy atom. The molecule has 4 rings (SSSR count). The Bertz CT molecular complexity index is 847. The van der Waals surface area contributed by atoms with Crippen LogP contribution in [0, 0.1) is 19.3 Å². The second kappa shape index (κ2) is 7.13. The summed E-state index contributed by atoms with van der Waals surface area (Å²) in [4.78, 5) is 19.2. The van der Waals surface area contributed by atoms with Crippen LogP contribution in [0.15, 0.2) is 22.7 Å². The van der Waals surface area contributed by atoms with Gasteiger partial charge in [-0.2, -0.15) is 4.98 Å². The minimum atomic E-state index is -0.139. The lowest BCUT2D eigenvalue weighted by Gasteiger charge is -2.36. The molecule has 1 aromatic heterocycles. The summed E-state index contributed by atoms with van der Waals surface area (Å²) in [5, 5.41) is 7.53. The molecule has 27 heavy (non-hydrogen) atoms. The number of nitrogens with zero attached hydrogens (tertiary/aromatic N) is 3. The van der Waals surface area contributed by atoms with E-state index in [1.54, 1.807) is 6.07 Å². The van der Waals surface area contributed by atoms with E-state index in [1.165, 1.54) is 0 Å². The summed E-state index contributed by atoms with van der Waals surface area (Å²) < 4.78 is 11.0. The fourth-order valence-electron chi connectivity index (χ4n) is 4.08. The molecular formula is C19H23ClN4O3. The summed E-state index contributed by atoms with van der Waals surface area (Å²) in [6.07, 6.45) is 1.75. The smallest absolute Gasteiger partial charge is 0.321 e. The zero-order valence-corrected chi connectivity index (χ0v) is 16.3. The molecule has 1 unspecified atom stereocenters. The lowest BCUT2D eigenvalue weighted by molar-refractivity contribution is 0.00959. The lowest BCUT2D eigenvalue weighted by atomic mass is 9.72. The van der Waals surface area contributed by atoms with Crippen LogP contribution in [0.1, 0.15) is 36.0 Å². The van der Waals surface area contributed by atoms with Crippen molar-refractivity contribution in [2.75, 3.05) is 31.6 Å². The van der Waals surface area contributed by atoms with E-state index in [0.29, 0.717) is 48.7 Å². The van der Waals surface area contributed by atoms with Gasteiger partial charge in [-0.05, 0) is 44.4 Å². The van der Waals surface area contributed by atoms with Gasteiger partial charge in [-0.1, -0.05) is 22.8 Å². The molecule has 0 aliphatic carbocycles. The zero-order valence-electron chi connectivity index (χ0n) is 15.5. The molecule has 1 aromatic carbocycles. The van der Waals surface area contributed by atoms with Gasteiger partial charge in [0.1, 0.15) is 0 Å². The third-order valence-corrected chi connectivity index (χ3v) is 6.10. The van der Waals surface area contributed by atoms with Crippen LogP contribution in [-0.4, -0.2) is 47.4 Å². The van der Waals surface area contributed by atoms with Gasteiger partial charge in [-0.15, -0.1) is 0 Å². The van der Waals surface area contributed by atoms with Crippen LogP contribution in [0.2, 0.25) is 5.02 Å². The monoisotopic (exact) mass is 390 g/mol. The van der Waals surface area contributed by atoms with Gasteiger partial charge in [0, 0.05) is 42.4 Å². The van der Waals surface area contributed by atoms with Gasteiger partial charge < -0.3 is 19.5 Å². The number of nitrogens with one attached hydrogen (secondary N) is 1. The molecule has 2 amide bonds. The van der Waals surface area contributed by atoms with Crippen LogP contribution in [0.25, 0.3) is 0 Å². The number of carbonyl (C=O) groups excluding carboxylic acids is 1. The number of aryl methyl sites for hydroxylation is 2. The summed E-state index contributed by atoms with van der Waals surface area (Å²) in [5.41, 5.74) is 1.58. The van der Waals surface area contributed by atoms with E-state index in [-0.39, 0.29) is 17.4 Å². The number of benzene rings is 1. The summed E-state index contributed by atoms with van der Waals surface area (Å²) in [6.45, 7) is 6.31. The van der Waals surface area contributed by atoms with Crippen molar-refractivity contribution in [1.29, 1.82) is 0 Å². The van der Waals surface area contributed by atoms with E-state index in [0.717, 1.165) is 18.4 Å². The van der Waals surface area contributed by atoms with Gasteiger partial charge in [0.15, 0.2) is 5.82 Å². The maximum absolute atomic E-state index is 12.9. The summed E-state index contributed by atoms with van der Waals surface area (Å²) >= 11 is 6.17. The molecule has 0 saturated carbocycles. The Morgan fingerprint density at radius 3 is 2.78 bits per heavy atom. The highest BCUT2D eigenvalue weighted by molar-refractivity contribution is 6.31. The molecule has 144 valence electrons. The first-order valence-corrected chi connectivity index (χ1v) is 9.55. The van der Waals surface area contributed by atoms with E-state index in [2.05, 4.69) is 15.5 Å². The van der Waals surface area contributed by atoms with Crippen molar-refractivity contribution in [3.05, 3.63) is 40.5 Å². The fraction of sp³-hybridized carbons (Fsp3) is 0.526. The Labute approximate surface area is 163 Å². The second-order valence-corrected chi connectivity index (χ2v) is 7.89. The second-order valence-electron chi connectivity index (χ2n) is 7.48. The molecule has 2 aromatic rings. The topological polar surface area (TPSA) is 80.5 Å². The fourth-order valence-corrected chi connectivity index (χ4v) is 4.26. The number of halogens is 1. The van der Waals surface area contributed by atoms with Crippen LogP contribution < -0.4 is 5.32 Å². The van der Waals surface area contributed by atoms with Crippen molar-refractivity contribution in [1.82, 2.24) is 15.0 Å². The number of amides is 2. The molecule has 0 radical (unpaired) electrons. The maximum Gasteiger partial charge on any atom is 0.321 e. The normalized spacial score (nSPS) is 21.6. The number of carbonyl (C=O) groups is 1. The first-order valence-electron chi connectivity index (χ1n) is 9.17. The predicted octanol–water partition coefficient (Wildman–Crippen LogP) is 3.77. The molecule has 0 bridgehead atoms. The highest BCUT2D eigenvalue weighted by atomic mass is 35.5. The van der Waals surface area contributed by atoms with Crippen LogP contribution in [0.4, 0.5) is 10.5 Å². The number of rotatable bonds is 2. The van der Waals surface area contributed by atoms with Crippen molar-refractivity contribution in [3.8, 4) is 0 Å². The molecule has 1 N–H and O–H groups in total. The molecule has 2 aliphatic heterocycles. The number of ether oxygens (including phenoxy) is 1. The van der Waals surface area contributed by atoms with Gasteiger partial charge >= 0.3 is 6.03 Å². The Hall–Kier alpha value is -2.12. The van der Waals surface area contributed by atoms with E-state index in [1.807, 2.05) is 30.9 Å². The molecule has 7 nitrogen and oxygen atoms in total. The van der Waals surface area contributed by atoms with Crippen LogP contribution in [0.5, 0.6) is 0 Å². The average Bonchev–Trinajstić information content (AvgIpc) is 3.23. The van der Waals surface area contributed by atoms with Crippen LogP contribution in [-0.2, 0) is 4.74 Å². The Morgan fingerprint density at radius 1 is 1.33 bits per heavy atom. The number of urea groups is 1. The van der Waals surface area contributed by atoms with Gasteiger partial charge in [-0.3, -0.25) is 0 Å². The largest absolute Gasteiger partial charge is 0.381 e. The third-order valence-electron chi connectivity index (χ3n) is 5.69. The quantitative estimate of drug-likeness (QED) is 0.844. The molecule has 2 fully saturated rings. The number of hydrogen-bond acceptors (Lipinski definition) is 5. The third kappa shape index (κ3) is 3.53. The van der Waals surface area contributed by atoms with Crippen LogP contribution in [0.3, 0.4) is 0 Å². The number of aromatic nitrogens is 2. The maximum atomic E-state index is 12.9. The average molecular weight is 391 g/mol. The van der Waals surface area contributed by atoms with Gasteiger partial charge in [0.05, 0.1) is 5.92 Å². The minimum absolute atomic E-state index is 0.0231. The Kier molecular flexibility index (Phi) is 4.82. The SMILES string of the molecule is Cc1noc(C2CN(C(=O)Nc3ccc(C)c(Cl)c3)CC23CCOCC3)n1. The molecule has 1 atom stereocenters. The van der Waals surface area contributed by atoms with Gasteiger partial charge in [0.25, 0.3) is 0 Å². The van der Waals surface area contributed by atoms with E-state index >= 15 is 0 Å². The van der Waals surface area contributed by atoms with Crippen molar-refractivity contribution < 1.29 is 14.1 Å². The Balaban J connectivity index is 1.55. The van der Waals surface area contributed by atoms with Crippen molar-refractivity contribution in [2.24, 2.45) is 5.41 Å². The lowest BCUT2D eigenvalue weighted by Crippen LogP contribution is -2.38. The van der Waals surface area contributed by atoms with Crippen molar-refractivity contribution >= 4 is 23.3 Å².